The van der Waals surface area contributed by atoms with E-state index < -0.39 is 11.7 Å². The number of carbonyl (C=O) groups excluding carboxylic acids is 1. The Morgan fingerprint density at radius 3 is 2.31 bits per heavy atom. The summed E-state index contributed by atoms with van der Waals surface area (Å²) in [5.74, 6) is -0.452. The highest BCUT2D eigenvalue weighted by Gasteiger charge is 2.32. The lowest BCUT2D eigenvalue weighted by Crippen LogP contribution is -2.08. The second-order valence-corrected chi connectivity index (χ2v) is 3.94. The van der Waals surface area contributed by atoms with Gasteiger partial charge in [0.2, 0.25) is 0 Å². The van der Waals surface area contributed by atoms with Gasteiger partial charge in [-0.05, 0) is 35.0 Å². The van der Waals surface area contributed by atoms with Gasteiger partial charge in [0.1, 0.15) is 5.75 Å². The maximum absolute atomic E-state index is 12.5. The molecule has 0 saturated heterocycles. The Balaban J connectivity index is 3.44. The third-order valence-corrected chi connectivity index (χ3v) is 2.58. The third kappa shape index (κ3) is 2.55. The summed E-state index contributed by atoms with van der Waals surface area (Å²) in [6.45, 7) is 1.26. The van der Waals surface area contributed by atoms with Crippen LogP contribution in [-0.4, -0.2) is 12.9 Å². The first-order valence-corrected chi connectivity index (χ1v) is 5.02. The molecule has 2 nitrogen and oxygen atoms in total. The second kappa shape index (κ2) is 4.45. The first-order valence-electron chi connectivity index (χ1n) is 4.23. The van der Waals surface area contributed by atoms with Gasteiger partial charge in [0.25, 0.3) is 0 Å². The standard InChI is InChI=1S/C10H8BrF3O2/c1-5(15)9-7(11)3-6(10(12,13)14)4-8(9)16-2/h3-4H,1-2H3. The fourth-order valence-corrected chi connectivity index (χ4v) is 1.97. The largest absolute Gasteiger partial charge is 0.496 e. The van der Waals surface area contributed by atoms with E-state index in [4.69, 9.17) is 4.74 Å². The van der Waals surface area contributed by atoms with E-state index in [-0.39, 0.29) is 21.6 Å². The number of hydrogen-bond donors (Lipinski definition) is 0. The highest BCUT2D eigenvalue weighted by molar-refractivity contribution is 9.10. The van der Waals surface area contributed by atoms with Crippen molar-refractivity contribution >= 4 is 21.7 Å². The van der Waals surface area contributed by atoms with Gasteiger partial charge in [-0.1, -0.05) is 0 Å². The van der Waals surface area contributed by atoms with E-state index in [0.29, 0.717) is 0 Å². The number of hydrogen-bond acceptors (Lipinski definition) is 2. The summed E-state index contributed by atoms with van der Waals surface area (Å²) in [5.41, 5.74) is -0.753. The van der Waals surface area contributed by atoms with Gasteiger partial charge in [0.15, 0.2) is 5.78 Å². The van der Waals surface area contributed by atoms with Gasteiger partial charge in [-0.3, -0.25) is 4.79 Å². The monoisotopic (exact) mass is 296 g/mol. The first kappa shape index (κ1) is 13.0. The highest BCUT2D eigenvalue weighted by Crippen LogP contribution is 2.37. The molecule has 0 aliphatic heterocycles. The van der Waals surface area contributed by atoms with Crippen molar-refractivity contribution in [3.05, 3.63) is 27.7 Å². The van der Waals surface area contributed by atoms with Crippen LogP contribution in [0.4, 0.5) is 13.2 Å². The molecule has 1 aromatic carbocycles. The Labute approximate surface area is 98.5 Å². The van der Waals surface area contributed by atoms with Crippen LogP contribution in [0.15, 0.2) is 16.6 Å². The molecule has 0 aromatic heterocycles. The molecule has 0 saturated carbocycles. The Bertz CT molecular complexity index is 427. The smallest absolute Gasteiger partial charge is 0.416 e. The van der Waals surface area contributed by atoms with Crippen molar-refractivity contribution in [2.75, 3.05) is 7.11 Å². The SMILES string of the molecule is COc1cc(C(F)(F)F)cc(Br)c1C(C)=O. The van der Waals surface area contributed by atoms with Crippen LogP contribution in [0.25, 0.3) is 0 Å². The molecule has 0 bridgehead atoms. The molecule has 0 fully saturated rings. The van der Waals surface area contributed by atoms with Crippen LogP contribution >= 0.6 is 15.9 Å². The molecule has 88 valence electrons. The summed E-state index contributed by atoms with van der Waals surface area (Å²) in [4.78, 5) is 11.2. The number of methoxy groups -OCH3 is 1. The van der Waals surface area contributed by atoms with Crippen LogP contribution in [0.3, 0.4) is 0 Å². The molecule has 1 aromatic rings. The van der Waals surface area contributed by atoms with Crippen molar-refractivity contribution in [2.45, 2.75) is 13.1 Å². The maximum Gasteiger partial charge on any atom is 0.416 e. The number of ketones is 1. The Hall–Kier alpha value is -1.04. The summed E-state index contributed by atoms with van der Waals surface area (Å²) in [6.07, 6.45) is -4.47. The van der Waals surface area contributed by atoms with Gasteiger partial charge in [-0.15, -0.1) is 0 Å². The maximum atomic E-state index is 12.5. The Morgan fingerprint density at radius 2 is 1.94 bits per heavy atom. The third-order valence-electron chi connectivity index (χ3n) is 1.95. The van der Waals surface area contributed by atoms with Crippen molar-refractivity contribution in [2.24, 2.45) is 0 Å². The van der Waals surface area contributed by atoms with Crippen LogP contribution in [0, 0.1) is 0 Å². The van der Waals surface area contributed by atoms with Crippen molar-refractivity contribution in [3.63, 3.8) is 0 Å². The van der Waals surface area contributed by atoms with Gasteiger partial charge >= 0.3 is 6.18 Å². The topological polar surface area (TPSA) is 26.3 Å². The number of carbonyl (C=O) groups is 1. The van der Waals surface area contributed by atoms with Crippen molar-refractivity contribution in [3.8, 4) is 5.75 Å². The van der Waals surface area contributed by atoms with E-state index in [2.05, 4.69) is 15.9 Å². The van der Waals surface area contributed by atoms with E-state index >= 15 is 0 Å². The van der Waals surface area contributed by atoms with E-state index in [9.17, 15) is 18.0 Å². The average Bonchev–Trinajstić information content (AvgIpc) is 2.14. The van der Waals surface area contributed by atoms with E-state index in [1.807, 2.05) is 0 Å². The fourth-order valence-electron chi connectivity index (χ4n) is 1.25. The number of halogens is 4. The molecule has 0 spiro atoms. The number of Topliss-reactive ketones (excluding diaryl/α,β-unsaturated/α-hetero) is 1. The van der Waals surface area contributed by atoms with E-state index in [1.165, 1.54) is 14.0 Å². The summed E-state index contributed by atoms with van der Waals surface area (Å²) in [5, 5.41) is 0. The molecular formula is C10H8BrF3O2. The lowest BCUT2D eigenvalue weighted by Gasteiger charge is -2.13. The number of benzene rings is 1. The fraction of sp³-hybridized carbons (Fsp3) is 0.300. The summed E-state index contributed by atoms with van der Waals surface area (Å²) < 4.78 is 42.2. The predicted octanol–water partition coefficient (Wildman–Crippen LogP) is 3.68. The molecule has 6 heteroatoms. The van der Waals surface area contributed by atoms with Gasteiger partial charge in [-0.2, -0.15) is 13.2 Å². The molecule has 0 heterocycles. The normalized spacial score (nSPS) is 11.4. The lowest BCUT2D eigenvalue weighted by molar-refractivity contribution is -0.137. The van der Waals surface area contributed by atoms with Crippen molar-refractivity contribution < 1.29 is 22.7 Å². The molecule has 0 amide bonds. The quantitative estimate of drug-likeness (QED) is 0.778. The van der Waals surface area contributed by atoms with Crippen molar-refractivity contribution in [1.82, 2.24) is 0 Å². The van der Waals surface area contributed by atoms with E-state index in [1.54, 1.807) is 0 Å². The number of rotatable bonds is 2. The number of ether oxygens (including phenoxy) is 1. The Kier molecular flexibility index (Phi) is 3.62. The molecule has 0 N–H and O–H groups in total. The molecule has 16 heavy (non-hydrogen) atoms. The predicted molar refractivity (Wildman–Crippen MR) is 55.7 cm³/mol. The van der Waals surface area contributed by atoms with Crippen LogP contribution < -0.4 is 4.74 Å². The zero-order chi connectivity index (χ0) is 12.5. The van der Waals surface area contributed by atoms with Crippen LogP contribution in [0.5, 0.6) is 5.75 Å². The van der Waals surface area contributed by atoms with E-state index in [0.717, 1.165) is 12.1 Å². The molecule has 1 rings (SSSR count). The lowest BCUT2D eigenvalue weighted by atomic mass is 10.1. The van der Waals surface area contributed by atoms with Crippen molar-refractivity contribution in [1.29, 1.82) is 0 Å². The molecule has 0 unspecified atom stereocenters. The molecule has 0 radical (unpaired) electrons. The molecule has 0 aliphatic rings. The minimum absolute atomic E-state index is 0.0756. The van der Waals surface area contributed by atoms with Crippen LogP contribution in [-0.2, 0) is 6.18 Å². The molecule has 0 aliphatic carbocycles. The zero-order valence-corrected chi connectivity index (χ0v) is 10.1. The average molecular weight is 297 g/mol. The summed E-state index contributed by atoms with van der Waals surface area (Å²) in [7, 11) is 1.22. The van der Waals surface area contributed by atoms with Gasteiger partial charge in [0, 0.05) is 4.47 Å². The first-order chi connectivity index (χ1) is 7.27. The minimum atomic E-state index is -4.47. The second-order valence-electron chi connectivity index (χ2n) is 3.09. The molecular weight excluding hydrogens is 289 g/mol. The van der Waals surface area contributed by atoms with Crippen LogP contribution in [0.1, 0.15) is 22.8 Å². The summed E-state index contributed by atoms with van der Waals surface area (Å²) in [6, 6.07) is 1.67. The summed E-state index contributed by atoms with van der Waals surface area (Å²) >= 11 is 2.93. The molecule has 0 atom stereocenters. The zero-order valence-electron chi connectivity index (χ0n) is 8.48. The van der Waals surface area contributed by atoms with Gasteiger partial charge in [0.05, 0.1) is 18.2 Å². The van der Waals surface area contributed by atoms with Gasteiger partial charge in [-0.25, -0.2) is 0 Å². The Morgan fingerprint density at radius 1 is 1.38 bits per heavy atom. The minimum Gasteiger partial charge on any atom is -0.496 e. The number of alkyl halides is 3. The van der Waals surface area contributed by atoms with Crippen LogP contribution in [0.2, 0.25) is 0 Å². The highest BCUT2D eigenvalue weighted by atomic mass is 79.9. The van der Waals surface area contributed by atoms with Gasteiger partial charge < -0.3 is 4.74 Å².